The summed E-state index contributed by atoms with van der Waals surface area (Å²) >= 11 is 6.72. The monoisotopic (exact) mass is 608 g/mol. The van der Waals surface area contributed by atoms with Crippen molar-refractivity contribution in [3.63, 3.8) is 0 Å². The van der Waals surface area contributed by atoms with Crippen LogP contribution < -0.4 is 15.8 Å². The van der Waals surface area contributed by atoms with Gasteiger partial charge in [-0.15, -0.1) is 4.73 Å². The molecule has 0 saturated carbocycles. The standard InChI is InChI=1S/C23H23Br2FN6O3/c1-34-12-19(20-15(24)2-3-16(26)21(20)25)35-32-18-5-4-17(29-22(18)30-23(32)33)13-10-28-31(11-13)14-6-8-27-9-7-14/h2-5,10-11,14,19,27H,6-9,12H2,1H3,(H,29,30,33). The highest BCUT2D eigenvalue weighted by molar-refractivity contribution is 9.11. The lowest BCUT2D eigenvalue weighted by Crippen LogP contribution is -2.30. The van der Waals surface area contributed by atoms with Crippen molar-refractivity contribution in [1.29, 1.82) is 0 Å². The Kier molecular flexibility index (Phi) is 7.05. The Balaban J connectivity index is 1.46. The van der Waals surface area contributed by atoms with Crippen molar-refractivity contribution in [3.05, 3.63) is 67.5 Å². The van der Waals surface area contributed by atoms with Crippen LogP contribution in [-0.2, 0) is 4.74 Å². The van der Waals surface area contributed by atoms with Crippen LogP contribution in [0.3, 0.4) is 0 Å². The molecule has 0 amide bonds. The van der Waals surface area contributed by atoms with Crippen LogP contribution in [0.4, 0.5) is 4.39 Å². The first-order valence-corrected chi connectivity index (χ1v) is 12.7. The van der Waals surface area contributed by atoms with E-state index in [1.807, 2.05) is 16.9 Å². The number of hydrogen-bond donors (Lipinski definition) is 2. The highest BCUT2D eigenvalue weighted by atomic mass is 79.9. The van der Waals surface area contributed by atoms with Crippen LogP contribution in [0, 0.1) is 5.82 Å². The molecule has 4 heterocycles. The van der Waals surface area contributed by atoms with Crippen LogP contribution in [0.15, 0.2) is 50.4 Å². The van der Waals surface area contributed by atoms with Crippen molar-refractivity contribution in [2.24, 2.45) is 0 Å². The van der Waals surface area contributed by atoms with Gasteiger partial charge in [0.15, 0.2) is 11.8 Å². The maximum atomic E-state index is 14.2. The number of aromatic amines is 1. The molecule has 0 radical (unpaired) electrons. The first-order chi connectivity index (χ1) is 17.0. The van der Waals surface area contributed by atoms with Crippen LogP contribution in [0.5, 0.6) is 0 Å². The molecule has 1 atom stereocenters. The van der Waals surface area contributed by atoms with E-state index < -0.39 is 17.6 Å². The maximum Gasteiger partial charge on any atom is 0.360 e. The minimum atomic E-state index is -0.779. The van der Waals surface area contributed by atoms with Crippen LogP contribution in [0.25, 0.3) is 22.4 Å². The molecule has 1 unspecified atom stereocenters. The van der Waals surface area contributed by atoms with E-state index in [2.05, 4.69) is 52.2 Å². The van der Waals surface area contributed by atoms with E-state index in [-0.39, 0.29) is 11.1 Å². The van der Waals surface area contributed by atoms with E-state index in [0.29, 0.717) is 32.9 Å². The Morgan fingerprint density at radius 1 is 1.23 bits per heavy atom. The zero-order valence-corrected chi connectivity index (χ0v) is 22.0. The molecular formula is C23H23Br2FN6O3. The summed E-state index contributed by atoms with van der Waals surface area (Å²) < 4.78 is 23.5. The van der Waals surface area contributed by atoms with Crippen molar-refractivity contribution in [2.45, 2.75) is 25.0 Å². The molecule has 9 nitrogen and oxygen atoms in total. The Morgan fingerprint density at radius 3 is 2.80 bits per heavy atom. The van der Waals surface area contributed by atoms with Crippen LogP contribution in [-0.4, -0.2) is 51.3 Å². The normalized spacial score (nSPS) is 15.5. The van der Waals surface area contributed by atoms with E-state index in [1.165, 1.54) is 13.2 Å². The number of methoxy groups -OCH3 is 1. The molecule has 0 bridgehead atoms. The van der Waals surface area contributed by atoms with Gasteiger partial charge in [0.1, 0.15) is 11.3 Å². The molecule has 4 aromatic rings. The predicted octanol–water partition coefficient (Wildman–Crippen LogP) is 3.99. The van der Waals surface area contributed by atoms with Crippen LogP contribution in [0.1, 0.15) is 30.6 Å². The molecular weight excluding hydrogens is 587 g/mol. The summed E-state index contributed by atoms with van der Waals surface area (Å²) in [4.78, 5) is 26.2. The van der Waals surface area contributed by atoms with Gasteiger partial charge in [-0.2, -0.15) is 5.10 Å². The van der Waals surface area contributed by atoms with Gasteiger partial charge in [0.25, 0.3) is 0 Å². The number of imidazole rings is 1. The molecule has 1 aliphatic heterocycles. The Hall–Kier alpha value is -2.54. The van der Waals surface area contributed by atoms with Gasteiger partial charge in [-0.05, 0) is 66.1 Å². The minimum Gasteiger partial charge on any atom is -0.398 e. The fraction of sp³-hybridized carbons (Fsp3) is 0.348. The molecule has 12 heteroatoms. The lowest BCUT2D eigenvalue weighted by molar-refractivity contribution is -0.0128. The average Bonchev–Trinajstić information content (AvgIpc) is 3.47. The van der Waals surface area contributed by atoms with E-state index in [9.17, 15) is 9.18 Å². The highest BCUT2D eigenvalue weighted by Gasteiger charge is 2.25. The summed E-state index contributed by atoms with van der Waals surface area (Å²) in [5.74, 6) is -0.449. The number of halogens is 3. The third-order valence-electron chi connectivity index (χ3n) is 6.03. The number of H-pyrrole nitrogens is 1. The molecule has 35 heavy (non-hydrogen) atoms. The molecule has 184 valence electrons. The predicted molar refractivity (Wildman–Crippen MR) is 136 cm³/mol. The highest BCUT2D eigenvalue weighted by Crippen LogP contribution is 2.34. The largest absolute Gasteiger partial charge is 0.398 e. The van der Waals surface area contributed by atoms with E-state index in [0.717, 1.165) is 36.2 Å². The maximum absolute atomic E-state index is 14.2. The van der Waals surface area contributed by atoms with Crippen molar-refractivity contribution in [1.82, 2.24) is 29.8 Å². The summed E-state index contributed by atoms with van der Waals surface area (Å²) in [7, 11) is 1.51. The van der Waals surface area contributed by atoms with Gasteiger partial charge in [0.2, 0.25) is 0 Å². The zero-order valence-electron chi connectivity index (χ0n) is 18.8. The fourth-order valence-electron chi connectivity index (χ4n) is 4.26. The number of ether oxygens (including phenoxy) is 1. The molecule has 3 aromatic heterocycles. The fourth-order valence-corrected chi connectivity index (χ4v) is 5.71. The van der Waals surface area contributed by atoms with Crippen LogP contribution in [0.2, 0.25) is 0 Å². The molecule has 2 N–H and O–H groups in total. The number of rotatable bonds is 7. The Morgan fingerprint density at radius 2 is 2.03 bits per heavy atom. The SMILES string of the molecule is COCC(On1c(=O)[nH]c2nc(-c3cnn(C4CCNCC4)c3)ccc21)c1c(Br)ccc(F)c1Br. The molecule has 1 saturated heterocycles. The van der Waals surface area contributed by atoms with Crippen LogP contribution >= 0.6 is 31.9 Å². The smallest absolute Gasteiger partial charge is 0.360 e. The number of piperidine rings is 1. The first-order valence-electron chi connectivity index (χ1n) is 11.1. The van der Waals surface area contributed by atoms with Gasteiger partial charge >= 0.3 is 5.69 Å². The third kappa shape index (κ3) is 4.80. The summed E-state index contributed by atoms with van der Waals surface area (Å²) in [6, 6.07) is 6.85. The number of nitrogens with zero attached hydrogens (tertiary/aromatic N) is 4. The summed E-state index contributed by atoms with van der Waals surface area (Å²) in [5, 5.41) is 7.89. The number of aromatic nitrogens is 5. The Labute approximate surface area is 216 Å². The molecule has 1 aliphatic rings. The topological polar surface area (TPSA) is 99.0 Å². The number of nitrogens with one attached hydrogen (secondary N) is 2. The van der Waals surface area contributed by atoms with Crippen molar-refractivity contribution < 1.29 is 14.0 Å². The molecule has 0 spiro atoms. The second-order valence-electron chi connectivity index (χ2n) is 8.29. The summed E-state index contributed by atoms with van der Waals surface area (Å²) in [6.45, 7) is 2.04. The molecule has 5 rings (SSSR count). The molecule has 1 aromatic carbocycles. The van der Waals surface area contributed by atoms with Gasteiger partial charge in [0.05, 0.1) is 29.0 Å². The van der Waals surface area contributed by atoms with E-state index in [1.54, 1.807) is 18.3 Å². The second kappa shape index (κ2) is 10.2. The lowest BCUT2D eigenvalue weighted by Gasteiger charge is -2.22. The van der Waals surface area contributed by atoms with Gasteiger partial charge in [-0.1, -0.05) is 15.9 Å². The van der Waals surface area contributed by atoms with Gasteiger partial charge in [-0.25, -0.2) is 14.2 Å². The number of hydrogen-bond acceptors (Lipinski definition) is 6. The lowest BCUT2D eigenvalue weighted by atomic mass is 10.1. The van der Waals surface area contributed by atoms with Gasteiger partial charge < -0.3 is 14.9 Å². The average molecular weight is 610 g/mol. The molecule has 1 fully saturated rings. The molecule has 0 aliphatic carbocycles. The minimum absolute atomic E-state index is 0.0845. The van der Waals surface area contributed by atoms with Crippen molar-refractivity contribution in [3.8, 4) is 11.3 Å². The van der Waals surface area contributed by atoms with Gasteiger partial charge in [0, 0.05) is 28.9 Å². The van der Waals surface area contributed by atoms with E-state index >= 15 is 0 Å². The van der Waals surface area contributed by atoms with E-state index in [4.69, 9.17) is 9.57 Å². The number of fused-ring (bicyclic) bond motifs is 1. The second-order valence-corrected chi connectivity index (χ2v) is 9.93. The van der Waals surface area contributed by atoms with Crippen molar-refractivity contribution >= 4 is 43.0 Å². The first kappa shape index (κ1) is 24.2. The zero-order chi connectivity index (χ0) is 24.5. The quantitative estimate of drug-likeness (QED) is 0.308. The number of pyridine rings is 1. The summed E-state index contributed by atoms with van der Waals surface area (Å²) in [6.07, 6.45) is 5.06. The van der Waals surface area contributed by atoms with Gasteiger partial charge in [-0.3, -0.25) is 9.67 Å². The third-order valence-corrected chi connectivity index (χ3v) is 7.53. The number of benzene rings is 1. The summed E-state index contributed by atoms with van der Waals surface area (Å²) in [5.41, 5.74) is 2.37. The van der Waals surface area contributed by atoms with Crippen molar-refractivity contribution in [2.75, 3.05) is 26.8 Å². The Bertz CT molecular complexity index is 1410.